The highest BCUT2D eigenvalue weighted by Crippen LogP contribution is 2.17. The van der Waals surface area contributed by atoms with Crippen LogP contribution in [-0.2, 0) is 16.1 Å². The van der Waals surface area contributed by atoms with Gasteiger partial charge in [-0.3, -0.25) is 19.1 Å². The van der Waals surface area contributed by atoms with E-state index in [1.807, 2.05) is 6.92 Å². The summed E-state index contributed by atoms with van der Waals surface area (Å²) in [4.78, 5) is 52.5. The maximum absolute atomic E-state index is 12.7. The maximum atomic E-state index is 12.7. The van der Waals surface area contributed by atoms with Crippen molar-refractivity contribution in [3.63, 3.8) is 0 Å². The summed E-state index contributed by atoms with van der Waals surface area (Å²) in [5, 5.41) is 0. The molecule has 1 amide bonds. The van der Waals surface area contributed by atoms with Crippen LogP contribution in [0.15, 0.2) is 33.9 Å². The minimum Gasteiger partial charge on any atom is -0.497 e. The second kappa shape index (κ2) is 10.3. The van der Waals surface area contributed by atoms with E-state index in [1.54, 1.807) is 19.1 Å². The van der Waals surface area contributed by atoms with E-state index in [0.29, 0.717) is 18.7 Å². The first-order chi connectivity index (χ1) is 14.3. The van der Waals surface area contributed by atoms with Gasteiger partial charge in [0.1, 0.15) is 11.6 Å². The van der Waals surface area contributed by atoms with Crippen LogP contribution in [0.1, 0.15) is 37.0 Å². The molecule has 10 heteroatoms. The predicted molar refractivity (Wildman–Crippen MR) is 112 cm³/mol. The zero-order valence-corrected chi connectivity index (χ0v) is 17.3. The van der Waals surface area contributed by atoms with E-state index in [0.717, 1.165) is 11.3 Å². The molecule has 1 aromatic heterocycles. The zero-order chi connectivity index (χ0) is 22.3. The zero-order valence-electron chi connectivity index (χ0n) is 17.3. The van der Waals surface area contributed by atoms with Crippen molar-refractivity contribution in [1.82, 2.24) is 9.55 Å². The molecular weight excluding hydrogens is 392 g/mol. The van der Waals surface area contributed by atoms with Crippen LogP contribution < -0.4 is 26.6 Å². The van der Waals surface area contributed by atoms with Gasteiger partial charge in [0.05, 0.1) is 12.7 Å². The number of carbonyl (C=O) groups excluding carboxylic acids is 2. The summed E-state index contributed by atoms with van der Waals surface area (Å²) in [5.41, 5.74) is 4.74. The van der Waals surface area contributed by atoms with Gasteiger partial charge in [-0.1, -0.05) is 13.3 Å². The number of aromatic nitrogens is 2. The predicted octanol–water partition coefficient (Wildman–Crippen LogP) is 1.14. The quantitative estimate of drug-likeness (QED) is 0.583. The van der Waals surface area contributed by atoms with E-state index in [2.05, 4.69) is 4.98 Å². The fourth-order valence-electron chi connectivity index (χ4n) is 2.85. The summed E-state index contributed by atoms with van der Waals surface area (Å²) in [6, 6.07) is 6.21. The van der Waals surface area contributed by atoms with Crippen LogP contribution in [0.4, 0.5) is 11.5 Å². The smallest absolute Gasteiger partial charge is 0.338 e. The molecule has 0 spiro atoms. The summed E-state index contributed by atoms with van der Waals surface area (Å²) in [5.74, 6) is -0.865. The highest BCUT2D eigenvalue weighted by molar-refractivity contribution is 5.98. The molecule has 0 aliphatic rings. The largest absolute Gasteiger partial charge is 0.497 e. The number of amides is 1. The number of nitrogens with one attached hydrogen (secondary N) is 1. The second-order valence-corrected chi connectivity index (χ2v) is 6.44. The molecule has 0 radical (unpaired) electrons. The number of methoxy groups -OCH3 is 1. The lowest BCUT2D eigenvalue weighted by molar-refractivity contribution is -0.121. The van der Waals surface area contributed by atoms with E-state index in [1.165, 1.54) is 23.8 Å². The van der Waals surface area contributed by atoms with E-state index in [4.69, 9.17) is 15.2 Å². The van der Waals surface area contributed by atoms with Gasteiger partial charge in [-0.25, -0.2) is 9.59 Å². The van der Waals surface area contributed by atoms with Crippen molar-refractivity contribution < 1.29 is 19.1 Å². The van der Waals surface area contributed by atoms with Gasteiger partial charge in [0.25, 0.3) is 11.5 Å². The number of nitrogens with two attached hydrogens (primary N) is 1. The molecule has 10 nitrogen and oxygen atoms in total. The topological polar surface area (TPSA) is 137 Å². The third-order valence-corrected chi connectivity index (χ3v) is 4.49. The normalized spacial score (nSPS) is 10.5. The van der Waals surface area contributed by atoms with Crippen molar-refractivity contribution in [3.8, 4) is 5.75 Å². The van der Waals surface area contributed by atoms with Crippen LogP contribution in [-0.4, -0.2) is 41.7 Å². The molecule has 0 fully saturated rings. The number of carbonyl (C=O) groups is 2. The second-order valence-electron chi connectivity index (χ2n) is 6.44. The number of benzene rings is 1. The Kier molecular flexibility index (Phi) is 7.79. The number of hydrogen-bond donors (Lipinski definition) is 2. The monoisotopic (exact) mass is 418 g/mol. The van der Waals surface area contributed by atoms with Crippen LogP contribution >= 0.6 is 0 Å². The van der Waals surface area contributed by atoms with Crippen molar-refractivity contribution in [2.24, 2.45) is 0 Å². The van der Waals surface area contributed by atoms with Crippen LogP contribution in [0.25, 0.3) is 0 Å². The number of anilines is 2. The van der Waals surface area contributed by atoms with Gasteiger partial charge in [0.15, 0.2) is 12.3 Å². The van der Waals surface area contributed by atoms with Crippen LogP contribution in [0.3, 0.4) is 0 Å². The number of likely N-dealkylation sites (N-methyl/N-ethyl adjacent to an activating group) is 1. The first-order valence-corrected chi connectivity index (χ1v) is 9.58. The Morgan fingerprint density at radius 1 is 1.17 bits per heavy atom. The highest BCUT2D eigenvalue weighted by Gasteiger charge is 2.24. The lowest BCUT2D eigenvalue weighted by Gasteiger charge is -2.23. The minimum atomic E-state index is -0.776. The Hall–Kier alpha value is -3.56. The third-order valence-electron chi connectivity index (χ3n) is 4.49. The fraction of sp³-hybridized carbons (Fsp3) is 0.400. The average Bonchev–Trinajstić information content (AvgIpc) is 2.74. The Bertz CT molecular complexity index is 1010. The molecule has 0 saturated carbocycles. The van der Waals surface area contributed by atoms with Gasteiger partial charge in [0, 0.05) is 13.1 Å². The third kappa shape index (κ3) is 5.07. The fourth-order valence-corrected chi connectivity index (χ4v) is 2.85. The summed E-state index contributed by atoms with van der Waals surface area (Å²) in [7, 11) is 1.50. The molecule has 2 aromatic rings. The van der Waals surface area contributed by atoms with Gasteiger partial charge < -0.3 is 20.1 Å². The van der Waals surface area contributed by atoms with Crippen molar-refractivity contribution in [3.05, 3.63) is 50.7 Å². The molecule has 0 aliphatic carbocycles. The molecule has 0 saturated heterocycles. The van der Waals surface area contributed by atoms with Crippen LogP contribution in [0, 0.1) is 0 Å². The molecule has 1 aromatic carbocycles. The van der Waals surface area contributed by atoms with E-state index in [9.17, 15) is 19.2 Å². The van der Waals surface area contributed by atoms with Crippen molar-refractivity contribution >= 4 is 23.4 Å². The molecule has 162 valence electrons. The number of aromatic amines is 1. The molecule has 2 rings (SSSR count). The SMILES string of the molecule is CCCCn1c(N)c(N(CC)C(=O)COC(=O)c2ccc(OC)cc2)c(=O)[nH]c1=O. The number of nitrogens with zero attached hydrogens (tertiary/aromatic N) is 2. The van der Waals surface area contributed by atoms with Crippen LogP contribution in [0.5, 0.6) is 5.75 Å². The molecule has 0 aliphatic heterocycles. The lowest BCUT2D eigenvalue weighted by Crippen LogP contribution is -2.42. The Morgan fingerprint density at radius 3 is 2.40 bits per heavy atom. The summed E-state index contributed by atoms with van der Waals surface area (Å²) in [6.45, 7) is 3.41. The molecule has 0 unspecified atom stereocenters. The van der Waals surface area contributed by atoms with Gasteiger partial charge in [-0.15, -0.1) is 0 Å². The first kappa shape index (κ1) is 22.7. The number of H-pyrrole nitrogens is 1. The van der Waals surface area contributed by atoms with E-state index in [-0.39, 0.29) is 23.6 Å². The standard InChI is InChI=1S/C20H26N4O6/c1-4-6-11-24-17(21)16(18(26)22-20(24)28)23(5-2)15(25)12-30-19(27)13-7-9-14(29-3)10-8-13/h7-10H,4-6,11-12,21H2,1-3H3,(H,22,26,28). The van der Waals surface area contributed by atoms with Gasteiger partial charge in [-0.2, -0.15) is 0 Å². The molecule has 30 heavy (non-hydrogen) atoms. The van der Waals surface area contributed by atoms with Crippen molar-refractivity contribution in [2.45, 2.75) is 33.2 Å². The average molecular weight is 418 g/mol. The summed E-state index contributed by atoms with van der Waals surface area (Å²) in [6.07, 6.45) is 1.49. The lowest BCUT2D eigenvalue weighted by atomic mass is 10.2. The molecule has 0 bridgehead atoms. The molecule has 3 N–H and O–H groups in total. The van der Waals surface area contributed by atoms with Gasteiger partial charge in [-0.05, 0) is 37.6 Å². The Morgan fingerprint density at radius 2 is 1.83 bits per heavy atom. The van der Waals surface area contributed by atoms with Gasteiger partial charge >= 0.3 is 11.7 Å². The van der Waals surface area contributed by atoms with Gasteiger partial charge in [0.2, 0.25) is 0 Å². The molecule has 0 atom stereocenters. The Labute approximate surface area is 173 Å². The maximum Gasteiger partial charge on any atom is 0.338 e. The number of rotatable bonds is 9. The highest BCUT2D eigenvalue weighted by atomic mass is 16.5. The number of hydrogen-bond acceptors (Lipinski definition) is 7. The van der Waals surface area contributed by atoms with E-state index < -0.39 is 29.7 Å². The Balaban J connectivity index is 2.20. The van der Waals surface area contributed by atoms with E-state index >= 15 is 0 Å². The summed E-state index contributed by atoms with van der Waals surface area (Å²) >= 11 is 0. The molecular formula is C20H26N4O6. The number of unbranched alkanes of at least 4 members (excludes halogenated alkanes) is 1. The number of esters is 1. The first-order valence-electron chi connectivity index (χ1n) is 9.58. The minimum absolute atomic E-state index is 0.0954. The van der Waals surface area contributed by atoms with Crippen molar-refractivity contribution in [2.75, 3.05) is 30.9 Å². The summed E-state index contributed by atoms with van der Waals surface area (Å²) < 4.78 is 11.3. The number of ether oxygens (including phenoxy) is 2. The molecule has 1 heterocycles. The number of nitrogen functional groups attached to an aromatic ring is 1. The van der Waals surface area contributed by atoms with Crippen molar-refractivity contribution in [1.29, 1.82) is 0 Å². The van der Waals surface area contributed by atoms with Crippen LogP contribution in [0.2, 0.25) is 0 Å².